The van der Waals surface area contributed by atoms with E-state index in [4.69, 9.17) is 14.0 Å². The van der Waals surface area contributed by atoms with Gasteiger partial charge in [-0.15, -0.1) is 0 Å². The maximum Gasteiger partial charge on any atom is 0.257 e. The summed E-state index contributed by atoms with van der Waals surface area (Å²) < 4.78 is 16.3. The minimum Gasteiger partial charge on any atom is -0.355 e. The number of carbonyl (C=O) groups excluding carboxylic acids is 1. The average Bonchev–Trinajstić information content (AvgIpc) is 3.14. The van der Waals surface area contributed by atoms with Gasteiger partial charge >= 0.3 is 0 Å². The number of ether oxygens (including phenoxy) is 2. The Morgan fingerprint density at radius 1 is 1.39 bits per heavy atom. The van der Waals surface area contributed by atoms with Gasteiger partial charge in [-0.1, -0.05) is 5.16 Å². The minimum atomic E-state index is -0.622. The van der Waals surface area contributed by atoms with Gasteiger partial charge in [0.05, 0.1) is 18.9 Å². The zero-order valence-electron chi connectivity index (χ0n) is 13.2. The molecule has 7 nitrogen and oxygen atoms in total. The van der Waals surface area contributed by atoms with E-state index in [1.807, 2.05) is 13.0 Å². The van der Waals surface area contributed by atoms with E-state index in [1.165, 1.54) is 0 Å². The van der Waals surface area contributed by atoms with Gasteiger partial charge in [-0.05, 0) is 26.0 Å². The SMILES string of the molecule is Cc1noc(-c2cccnc2)c1C(=O)NCCC1(C)OCCO1. The normalized spacial score (nSPS) is 16.4. The van der Waals surface area contributed by atoms with Crippen LogP contribution in [0.15, 0.2) is 29.0 Å². The van der Waals surface area contributed by atoms with E-state index in [-0.39, 0.29) is 5.91 Å². The summed E-state index contributed by atoms with van der Waals surface area (Å²) in [4.78, 5) is 16.5. The van der Waals surface area contributed by atoms with Crippen LogP contribution in [-0.2, 0) is 9.47 Å². The molecule has 0 aromatic carbocycles. The van der Waals surface area contributed by atoms with E-state index in [1.54, 1.807) is 25.4 Å². The molecule has 2 aromatic heterocycles. The van der Waals surface area contributed by atoms with E-state index >= 15 is 0 Å². The first-order valence-electron chi connectivity index (χ1n) is 7.52. The number of rotatable bonds is 5. The van der Waals surface area contributed by atoms with Gasteiger partial charge in [0.25, 0.3) is 5.91 Å². The van der Waals surface area contributed by atoms with Crippen LogP contribution in [0.5, 0.6) is 0 Å². The molecule has 1 saturated heterocycles. The van der Waals surface area contributed by atoms with Gasteiger partial charge in [0, 0.05) is 30.9 Å². The Balaban J connectivity index is 1.69. The number of nitrogens with zero attached hydrogens (tertiary/aromatic N) is 2. The number of hydrogen-bond donors (Lipinski definition) is 1. The first-order chi connectivity index (χ1) is 11.1. The number of carbonyl (C=O) groups is 1. The van der Waals surface area contributed by atoms with Gasteiger partial charge < -0.3 is 19.3 Å². The van der Waals surface area contributed by atoms with Gasteiger partial charge in [0.15, 0.2) is 11.5 Å². The monoisotopic (exact) mass is 317 g/mol. The zero-order chi connectivity index (χ0) is 16.3. The van der Waals surface area contributed by atoms with Crippen LogP contribution in [0.2, 0.25) is 0 Å². The Bertz CT molecular complexity index is 678. The molecule has 23 heavy (non-hydrogen) atoms. The lowest BCUT2D eigenvalue weighted by atomic mass is 10.1. The number of aryl methyl sites for hydroxylation is 1. The van der Waals surface area contributed by atoms with Crippen molar-refractivity contribution in [1.29, 1.82) is 0 Å². The third kappa shape index (κ3) is 3.40. The molecule has 0 unspecified atom stereocenters. The van der Waals surface area contributed by atoms with E-state index < -0.39 is 5.79 Å². The standard InChI is InChI=1S/C16H19N3O4/c1-11-13(14(23-19-11)12-4-3-6-17-10-12)15(20)18-7-5-16(2)21-8-9-22-16/h3-4,6,10H,5,7-9H2,1-2H3,(H,18,20). The zero-order valence-corrected chi connectivity index (χ0v) is 13.2. The molecule has 3 rings (SSSR count). The Labute approximate surface area is 134 Å². The second-order valence-corrected chi connectivity index (χ2v) is 5.55. The second-order valence-electron chi connectivity index (χ2n) is 5.55. The Hall–Kier alpha value is -2.25. The van der Waals surface area contributed by atoms with Crippen molar-refractivity contribution in [2.45, 2.75) is 26.1 Å². The van der Waals surface area contributed by atoms with E-state index in [2.05, 4.69) is 15.5 Å². The van der Waals surface area contributed by atoms with Crippen molar-refractivity contribution in [3.05, 3.63) is 35.8 Å². The summed E-state index contributed by atoms with van der Waals surface area (Å²) in [6.07, 6.45) is 3.87. The topological polar surface area (TPSA) is 86.5 Å². The van der Waals surface area contributed by atoms with Crippen LogP contribution in [-0.4, -0.2) is 41.6 Å². The molecule has 0 aliphatic carbocycles. The minimum absolute atomic E-state index is 0.232. The van der Waals surface area contributed by atoms with Crippen molar-refractivity contribution in [1.82, 2.24) is 15.5 Å². The molecular weight excluding hydrogens is 298 g/mol. The number of nitrogens with one attached hydrogen (secondary N) is 1. The molecule has 3 heterocycles. The van der Waals surface area contributed by atoms with Gasteiger partial charge in [0.2, 0.25) is 0 Å². The van der Waals surface area contributed by atoms with Gasteiger partial charge in [-0.3, -0.25) is 9.78 Å². The van der Waals surface area contributed by atoms with Crippen molar-refractivity contribution in [2.24, 2.45) is 0 Å². The van der Waals surface area contributed by atoms with Crippen molar-refractivity contribution >= 4 is 5.91 Å². The molecule has 1 fully saturated rings. The van der Waals surface area contributed by atoms with Crippen molar-refractivity contribution < 1.29 is 18.8 Å². The smallest absolute Gasteiger partial charge is 0.257 e. The maximum absolute atomic E-state index is 12.5. The van der Waals surface area contributed by atoms with Gasteiger partial charge in [0.1, 0.15) is 5.56 Å². The van der Waals surface area contributed by atoms with Crippen LogP contribution in [0.3, 0.4) is 0 Å². The largest absolute Gasteiger partial charge is 0.355 e. The third-order valence-corrected chi connectivity index (χ3v) is 3.78. The molecule has 0 bridgehead atoms. The highest BCUT2D eigenvalue weighted by Gasteiger charge is 2.31. The van der Waals surface area contributed by atoms with Crippen molar-refractivity contribution in [2.75, 3.05) is 19.8 Å². The highest BCUT2D eigenvalue weighted by Crippen LogP contribution is 2.26. The summed E-state index contributed by atoms with van der Waals surface area (Å²) in [5.74, 6) is -0.430. The first-order valence-corrected chi connectivity index (χ1v) is 7.52. The molecule has 0 spiro atoms. The molecule has 2 aromatic rings. The lowest BCUT2D eigenvalue weighted by molar-refractivity contribution is -0.145. The molecule has 0 radical (unpaired) electrons. The van der Waals surface area contributed by atoms with Crippen LogP contribution in [0, 0.1) is 6.92 Å². The molecule has 0 atom stereocenters. The molecule has 1 aliphatic rings. The fraction of sp³-hybridized carbons (Fsp3) is 0.438. The predicted octanol–water partition coefficient (Wildman–Crippen LogP) is 1.93. The summed E-state index contributed by atoms with van der Waals surface area (Å²) in [5.41, 5.74) is 1.69. The highest BCUT2D eigenvalue weighted by molar-refractivity contribution is 6.00. The molecule has 0 saturated carbocycles. The van der Waals surface area contributed by atoms with Gasteiger partial charge in [-0.25, -0.2) is 0 Å². The number of pyridine rings is 1. The summed E-state index contributed by atoms with van der Waals surface area (Å²) in [6.45, 7) is 5.22. The van der Waals surface area contributed by atoms with Crippen molar-refractivity contribution in [3.8, 4) is 11.3 Å². The summed E-state index contributed by atoms with van der Waals surface area (Å²) in [5, 5.41) is 6.77. The lowest BCUT2D eigenvalue weighted by Crippen LogP contribution is -2.33. The molecule has 1 aliphatic heterocycles. The van der Waals surface area contributed by atoms with E-state index in [0.717, 1.165) is 0 Å². The summed E-state index contributed by atoms with van der Waals surface area (Å²) >= 11 is 0. The molecular formula is C16H19N3O4. The van der Waals surface area contributed by atoms with E-state index in [9.17, 15) is 4.79 Å². The van der Waals surface area contributed by atoms with Crippen LogP contribution in [0.1, 0.15) is 29.4 Å². The molecule has 1 amide bonds. The van der Waals surface area contributed by atoms with Crippen LogP contribution in [0.25, 0.3) is 11.3 Å². The van der Waals surface area contributed by atoms with E-state index in [0.29, 0.717) is 48.8 Å². The van der Waals surface area contributed by atoms with Gasteiger partial charge in [-0.2, -0.15) is 0 Å². The van der Waals surface area contributed by atoms with Crippen LogP contribution in [0.4, 0.5) is 0 Å². The number of hydrogen-bond acceptors (Lipinski definition) is 6. The van der Waals surface area contributed by atoms with Crippen LogP contribution < -0.4 is 5.32 Å². The Kier molecular flexibility index (Phi) is 4.40. The Morgan fingerprint density at radius 2 is 2.17 bits per heavy atom. The maximum atomic E-state index is 12.5. The Morgan fingerprint density at radius 3 is 2.87 bits per heavy atom. The highest BCUT2D eigenvalue weighted by atomic mass is 16.7. The average molecular weight is 317 g/mol. The summed E-state index contributed by atoms with van der Waals surface area (Å²) in [6, 6.07) is 3.61. The van der Waals surface area contributed by atoms with Crippen molar-refractivity contribution in [3.63, 3.8) is 0 Å². The predicted molar refractivity (Wildman–Crippen MR) is 81.7 cm³/mol. The fourth-order valence-electron chi connectivity index (χ4n) is 2.52. The molecule has 7 heteroatoms. The molecule has 122 valence electrons. The number of amides is 1. The first kappa shape index (κ1) is 15.6. The summed E-state index contributed by atoms with van der Waals surface area (Å²) in [7, 11) is 0. The lowest BCUT2D eigenvalue weighted by Gasteiger charge is -2.22. The van der Waals surface area contributed by atoms with Crippen LogP contribution >= 0.6 is 0 Å². The molecule has 1 N–H and O–H groups in total. The quantitative estimate of drug-likeness (QED) is 0.907. The third-order valence-electron chi connectivity index (χ3n) is 3.78. The number of aromatic nitrogens is 2. The second kappa shape index (κ2) is 6.47. The fourth-order valence-corrected chi connectivity index (χ4v) is 2.52.